The van der Waals surface area contributed by atoms with Crippen LogP contribution < -0.4 is 0 Å². The molecule has 2 heteroatoms. The lowest BCUT2D eigenvalue weighted by molar-refractivity contribution is 0.662. The zero-order valence-electron chi connectivity index (χ0n) is 32.1. The van der Waals surface area contributed by atoms with Gasteiger partial charge < -0.3 is 0 Å². The first-order valence-electron chi connectivity index (χ1n) is 19.7. The molecule has 0 unspecified atom stereocenters. The summed E-state index contributed by atoms with van der Waals surface area (Å²) in [6.07, 6.45) is 0. The zero-order valence-corrected chi connectivity index (χ0v) is 32.1. The maximum absolute atomic E-state index is 5.32. The van der Waals surface area contributed by atoms with Gasteiger partial charge in [0.2, 0.25) is 0 Å². The summed E-state index contributed by atoms with van der Waals surface area (Å²) in [5, 5.41) is 5.02. The molecule has 0 bridgehead atoms. The molecule has 56 heavy (non-hydrogen) atoms. The van der Waals surface area contributed by atoms with Crippen molar-refractivity contribution in [2.75, 3.05) is 0 Å². The monoisotopic (exact) mass is 716 g/mol. The van der Waals surface area contributed by atoms with Crippen LogP contribution in [-0.4, -0.2) is 9.97 Å². The van der Waals surface area contributed by atoms with E-state index < -0.39 is 0 Å². The van der Waals surface area contributed by atoms with Crippen LogP contribution in [0.3, 0.4) is 0 Å². The second-order valence-corrected chi connectivity index (χ2v) is 16.5. The van der Waals surface area contributed by atoms with Crippen LogP contribution in [0.4, 0.5) is 0 Å². The summed E-state index contributed by atoms with van der Waals surface area (Å²) >= 11 is 0. The van der Waals surface area contributed by atoms with E-state index >= 15 is 0 Å². The van der Waals surface area contributed by atoms with E-state index in [1.54, 1.807) is 0 Å². The maximum atomic E-state index is 5.32. The molecule has 1 aromatic heterocycles. The first kappa shape index (κ1) is 32.8. The molecule has 0 amide bonds. The number of hydrogen-bond acceptors (Lipinski definition) is 2. The second-order valence-electron chi connectivity index (χ2n) is 16.5. The minimum Gasteiger partial charge on any atom is -0.228 e. The largest absolute Gasteiger partial charge is 0.228 e. The number of rotatable bonds is 4. The summed E-state index contributed by atoms with van der Waals surface area (Å²) in [6.45, 7) is 9.45. The fourth-order valence-corrected chi connectivity index (χ4v) is 10.0. The molecular weight excluding hydrogens is 677 g/mol. The van der Waals surface area contributed by atoms with E-state index in [0.717, 1.165) is 33.9 Å². The highest BCUT2D eigenvalue weighted by molar-refractivity contribution is 6.06. The molecule has 8 aromatic carbocycles. The number of nitrogens with zero attached hydrogens (tertiary/aromatic N) is 2. The number of benzene rings is 8. The van der Waals surface area contributed by atoms with Gasteiger partial charge in [-0.2, -0.15) is 0 Å². The average Bonchev–Trinajstić information content (AvgIpc) is 3.63. The van der Waals surface area contributed by atoms with Crippen LogP contribution in [0.15, 0.2) is 170 Å². The highest BCUT2D eigenvalue weighted by Crippen LogP contribution is 2.54. The Balaban J connectivity index is 1.08. The van der Waals surface area contributed by atoms with Gasteiger partial charge in [-0.05, 0) is 89.3 Å². The van der Waals surface area contributed by atoms with E-state index in [4.69, 9.17) is 9.97 Å². The summed E-state index contributed by atoms with van der Waals surface area (Å²) < 4.78 is 0. The summed E-state index contributed by atoms with van der Waals surface area (Å²) in [5.41, 5.74) is 18.0. The molecule has 9 aromatic rings. The maximum Gasteiger partial charge on any atom is 0.160 e. The molecule has 1 heterocycles. The molecule has 0 saturated carbocycles. The van der Waals surface area contributed by atoms with Gasteiger partial charge in [0.05, 0.1) is 11.4 Å². The molecule has 11 rings (SSSR count). The van der Waals surface area contributed by atoms with Crippen molar-refractivity contribution in [2.24, 2.45) is 0 Å². The smallest absolute Gasteiger partial charge is 0.160 e. The average molecular weight is 717 g/mol. The Morgan fingerprint density at radius 1 is 0.339 bits per heavy atom. The van der Waals surface area contributed by atoms with Gasteiger partial charge >= 0.3 is 0 Å². The third-order valence-corrected chi connectivity index (χ3v) is 12.7. The second kappa shape index (κ2) is 11.9. The van der Waals surface area contributed by atoms with Crippen molar-refractivity contribution in [1.29, 1.82) is 0 Å². The zero-order chi connectivity index (χ0) is 37.8. The first-order chi connectivity index (χ1) is 27.3. The van der Waals surface area contributed by atoms with Gasteiger partial charge in [-0.15, -0.1) is 0 Å². The summed E-state index contributed by atoms with van der Waals surface area (Å²) in [4.78, 5) is 10.6. The Morgan fingerprint density at radius 2 is 0.893 bits per heavy atom. The molecular formula is C54H40N2. The molecule has 2 aliphatic rings. The van der Waals surface area contributed by atoms with Gasteiger partial charge in [-0.1, -0.05) is 185 Å². The molecule has 0 atom stereocenters. The van der Waals surface area contributed by atoms with E-state index in [0.29, 0.717) is 0 Å². The third-order valence-electron chi connectivity index (χ3n) is 12.7. The van der Waals surface area contributed by atoms with Crippen molar-refractivity contribution in [3.05, 3.63) is 192 Å². The van der Waals surface area contributed by atoms with Crippen LogP contribution in [-0.2, 0) is 10.8 Å². The van der Waals surface area contributed by atoms with Crippen molar-refractivity contribution in [2.45, 2.75) is 38.5 Å². The Hall–Kier alpha value is -6.64. The van der Waals surface area contributed by atoms with Crippen LogP contribution >= 0.6 is 0 Å². The van der Waals surface area contributed by atoms with Crippen molar-refractivity contribution in [1.82, 2.24) is 9.97 Å². The molecule has 0 saturated heterocycles. The van der Waals surface area contributed by atoms with Gasteiger partial charge in [-0.25, -0.2) is 9.97 Å². The fourth-order valence-electron chi connectivity index (χ4n) is 10.0. The van der Waals surface area contributed by atoms with E-state index in [-0.39, 0.29) is 10.8 Å². The van der Waals surface area contributed by atoms with E-state index in [1.807, 2.05) is 6.07 Å². The van der Waals surface area contributed by atoms with E-state index in [1.165, 1.54) is 77.2 Å². The van der Waals surface area contributed by atoms with Crippen molar-refractivity contribution in [3.8, 4) is 67.3 Å². The summed E-state index contributed by atoms with van der Waals surface area (Å²) in [5.74, 6) is 0.727. The van der Waals surface area contributed by atoms with Gasteiger partial charge in [0.25, 0.3) is 0 Å². The molecule has 2 nitrogen and oxygen atoms in total. The lowest BCUT2D eigenvalue weighted by Gasteiger charge is -2.24. The molecule has 0 radical (unpaired) electrons. The quantitative estimate of drug-likeness (QED) is 0.181. The summed E-state index contributed by atoms with van der Waals surface area (Å²) in [6, 6.07) is 62.0. The molecule has 0 spiro atoms. The third kappa shape index (κ3) is 4.69. The minimum absolute atomic E-state index is 0.129. The van der Waals surface area contributed by atoms with E-state index in [2.05, 4.69) is 191 Å². The SMILES string of the molecule is CC1(C)c2ccccc2-c2cccc(-c3cc(-c4ccc(-c5ccc6c(c5)C(C)(C)c5c-6ccc6ccccc56)c5ccccc45)nc(-c4ccccc4)n3)c21. The van der Waals surface area contributed by atoms with Crippen LogP contribution in [0.5, 0.6) is 0 Å². The number of aromatic nitrogens is 2. The van der Waals surface area contributed by atoms with Crippen LogP contribution in [0.25, 0.3) is 88.8 Å². The predicted octanol–water partition coefficient (Wildman–Crippen LogP) is 14.1. The van der Waals surface area contributed by atoms with Crippen molar-refractivity contribution >= 4 is 21.5 Å². The Morgan fingerprint density at radius 3 is 1.71 bits per heavy atom. The summed E-state index contributed by atoms with van der Waals surface area (Å²) in [7, 11) is 0. The Bertz CT molecular complexity index is 3080. The van der Waals surface area contributed by atoms with Gasteiger partial charge in [0.15, 0.2) is 5.82 Å². The van der Waals surface area contributed by atoms with Crippen LogP contribution in [0.2, 0.25) is 0 Å². The number of fused-ring (bicyclic) bond motifs is 9. The van der Waals surface area contributed by atoms with Gasteiger partial charge in [-0.3, -0.25) is 0 Å². The number of hydrogen-bond donors (Lipinski definition) is 0. The first-order valence-corrected chi connectivity index (χ1v) is 19.7. The highest BCUT2D eigenvalue weighted by atomic mass is 14.9. The van der Waals surface area contributed by atoms with Gasteiger partial charge in [0, 0.05) is 27.5 Å². The minimum atomic E-state index is -0.173. The lowest BCUT2D eigenvalue weighted by atomic mass is 9.79. The van der Waals surface area contributed by atoms with Crippen LogP contribution in [0.1, 0.15) is 49.9 Å². The molecule has 0 aliphatic heterocycles. The van der Waals surface area contributed by atoms with Gasteiger partial charge in [0.1, 0.15) is 0 Å². The Labute approximate surface area is 328 Å². The topological polar surface area (TPSA) is 25.8 Å². The standard InChI is InChI=1S/C54H40N2/c1-53(2)46-24-13-12-21-40(46)43-22-14-23-45(51(43)53)49-32-48(55-52(56-49)34-16-6-5-7-17-34)42-30-29-36(38-19-10-11-20-39(38)42)35-26-27-41-44-28-25-33-15-8-9-18-37(33)50(44)54(3,4)47(41)31-35/h5-32H,1-4H3. The van der Waals surface area contributed by atoms with Crippen molar-refractivity contribution < 1.29 is 0 Å². The van der Waals surface area contributed by atoms with E-state index in [9.17, 15) is 0 Å². The van der Waals surface area contributed by atoms with Crippen molar-refractivity contribution in [3.63, 3.8) is 0 Å². The molecule has 0 fully saturated rings. The Kier molecular flexibility index (Phi) is 6.98. The lowest BCUT2D eigenvalue weighted by Crippen LogP contribution is -2.16. The molecule has 2 aliphatic carbocycles. The predicted molar refractivity (Wildman–Crippen MR) is 234 cm³/mol. The molecule has 0 N–H and O–H groups in total. The fraction of sp³-hybridized carbons (Fsp3) is 0.111. The van der Waals surface area contributed by atoms with Crippen LogP contribution in [0, 0.1) is 0 Å². The molecule has 266 valence electrons. The highest BCUT2D eigenvalue weighted by Gasteiger charge is 2.39. The normalized spacial score (nSPS) is 14.4.